The number of piperidine rings is 1. The van der Waals surface area contributed by atoms with E-state index in [1.54, 1.807) is 0 Å². The van der Waals surface area contributed by atoms with Crippen LogP contribution in [0.3, 0.4) is 0 Å². The van der Waals surface area contributed by atoms with Gasteiger partial charge in [-0.2, -0.15) is 0 Å². The smallest absolute Gasteiger partial charge is 0.225 e. The van der Waals surface area contributed by atoms with E-state index >= 15 is 0 Å². The normalized spacial score (nSPS) is 17.9. The number of carbonyl (C=O) groups excluding carboxylic acids is 3. The van der Waals surface area contributed by atoms with E-state index < -0.39 is 0 Å². The summed E-state index contributed by atoms with van der Waals surface area (Å²) in [6.45, 7) is 7.01. The molecule has 3 amide bonds. The van der Waals surface area contributed by atoms with Crippen molar-refractivity contribution in [2.45, 2.75) is 58.9 Å². The maximum absolute atomic E-state index is 12.7. The van der Waals surface area contributed by atoms with Crippen molar-refractivity contribution in [1.29, 1.82) is 0 Å². The number of benzene rings is 1. The molecule has 0 bridgehead atoms. The zero-order chi connectivity index (χ0) is 19.8. The molecule has 1 aliphatic heterocycles. The Labute approximate surface area is 161 Å². The van der Waals surface area contributed by atoms with Gasteiger partial charge in [-0.15, -0.1) is 0 Å². The molecule has 0 aromatic heterocycles. The number of nitrogens with zero attached hydrogens (tertiary/aromatic N) is 1. The first kappa shape index (κ1) is 20.9. The minimum atomic E-state index is -0.148. The summed E-state index contributed by atoms with van der Waals surface area (Å²) in [5.74, 6) is -0.0266. The largest absolute Gasteiger partial charge is 0.349 e. The number of hydrogen-bond donors (Lipinski definition) is 2. The molecule has 2 unspecified atom stereocenters. The van der Waals surface area contributed by atoms with Gasteiger partial charge in [0.25, 0.3) is 0 Å². The highest BCUT2D eigenvalue weighted by Crippen LogP contribution is 2.21. The zero-order valence-corrected chi connectivity index (χ0v) is 16.6. The molecule has 0 saturated carbocycles. The first-order valence-corrected chi connectivity index (χ1v) is 9.92. The second-order valence-electron chi connectivity index (χ2n) is 7.18. The highest BCUT2D eigenvalue weighted by molar-refractivity contribution is 5.90. The third-order valence-corrected chi connectivity index (χ3v) is 4.98. The molecule has 2 atom stereocenters. The third kappa shape index (κ3) is 6.08. The molecule has 6 heteroatoms. The van der Waals surface area contributed by atoms with E-state index in [9.17, 15) is 14.4 Å². The molecule has 6 nitrogen and oxygen atoms in total. The van der Waals surface area contributed by atoms with Crippen LogP contribution >= 0.6 is 0 Å². The predicted octanol–water partition coefficient (Wildman–Crippen LogP) is 3.25. The highest BCUT2D eigenvalue weighted by Gasteiger charge is 2.28. The summed E-state index contributed by atoms with van der Waals surface area (Å²) < 4.78 is 0. The summed E-state index contributed by atoms with van der Waals surface area (Å²) in [4.78, 5) is 38.0. The maximum atomic E-state index is 12.7. The first-order chi connectivity index (χ1) is 12.9. The zero-order valence-electron chi connectivity index (χ0n) is 16.6. The second kappa shape index (κ2) is 10.1. The van der Waals surface area contributed by atoms with Crippen LogP contribution in [-0.4, -0.2) is 35.7 Å². The summed E-state index contributed by atoms with van der Waals surface area (Å²) >= 11 is 0. The first-order valence-electron chi connectivity index (χ1n) is 9.92. The SMILES string of the molecule is CCCC(=O)N1CCCC(C(=O)NC(C)c2ccc(NC(=O)CC)cc2)C1. The van der Waals surface area contributed by atoms with Gasteiger partial charge in [0.2, 0.25) is 17.7 Å². The minimum absolute atomic E-state index is 0.000129. The molecule has 1 fully saturated rings. The quantitative estimate of drug-likeness (QED) is 0.770. The molecule has 0 spiro atoms. The Morgan fingerprint density at radius 3 is 2.52 bits per heavy atom. The van der Waals surface area contributed by atoms with Crippen LogP contribution in [-0.2, 0) is 14.4 Å². The summed E-state index contributed by atoms with van der Waals surface area (Å²) in [5.41, 5.74) is 1.73. The van der Waals surface area contributed by atoms with E-state index in [4.69, 9.17) is 0 Å². The van der Waals surface area contributed by atoms with Crippen LogP contribution in [0.25, 0.3) is 0 Å². The van der Waals surface area contributed by atoms with E-state index in [0.29, 0.717) is 19.4 Å². The Morgan fingerprint density at radius 2 is 1.89 bits per heavy atom. The lowest BCUT2D eigenvalue weighted by molar-refractivity contribution is -0.136. The lowest BCUT2D eigenvalue weighted by Crippen LogP contribution is -2.45. The van der Waals surface area contributed by atoms with Crippen molar-refractivity contribution in [3.05, 3.63) is 29.8 Å². The fourth-order valence-corrected chi connectivity index (χ4v) is 3.31. The molecule has 2 N–H and O–H groups in total. The van der Waals surface area contributed by atoms with Crippen LogP contribution in [0, 0.1) is 5.92 Å². The fraction of sp³-hybridized carbons (Fsp3) is 0.571. The van der Waals surface area contributed by atoms with Gasteiger partial charge in [-0.3, -0.25) is 14.4 Å². The van der Waals surface area contributed by atoms with Crippen molar-refractivity contribution in [1.82, 2.24) is 10.2 Å². The lowest BCUT2D eigenvalue weighted by Gasteiger charge is -2.32. The summed E-state index contributed by atoms with van der Waals surface area (Å²) in [5, 5.41) is 5.88. The third-order valence-electron chi connectivity index (χ3n) is 4.98. The van der Waals surface area contributed by atoms with Crippen molar-refractivity contribution in [2.24, 2.45) is 5.92 Å². The molecule has 2 rings (SSSR count). The monoisotopic (exact) mass is 373 g/mol. The molecule has 27 heavy (non-hydrogen) atoms. The van der Waals surface area contributed by atoms with Gasteiger partial charge in [-0.25, -0.2) is 0 Å². The van der Waals surface area contributed by atoms with Gasteiger partial charge in [-0.1, -0.05) is 26.0 Å². The molecule has 0 radical (unpaired) electrons. The van der Waals surface area contributed by atoms with Crippen LogP contribution in [0.15, 0.2) is 24.3 Å². The number of hydrogen-bond acceptors (Lipinski definition) is 3. The van der Waals surface area contributed by atoms with E-state index in [2.05, 4.69) is 10.6 Å². The molecule has 1 heterocycles. The Hall–Kier alpha value is -2.37. The maximum Gasteiger partial charge on any atom is 0.225 e. The van der Waals surface area contributed by atoms with Gasteiger partial charge < -0.3 is 15.5 Å². The molecule has 1 aromatic rings. The summed E-state index contributed by atoms with van der Waals surface area (Å²) in [6.07, 6.45) is 3.50. The number of nitrogens with one attached hydrogen (secondary N) is 2. The van der Waals surface area contributed by atoms with Crippen molar-refractivity contribution >= 4 is 23.4 Å². The van der Waals surface area contributed by atoms with Gasteiger partial charge >= 0.3 is 0 Å². The van der Waals surface area contributed by atoms with E-state index in [0.717, 1.165) is 37.1 Å². The van der Waals surface area contributed by atoms with Gasteiger partial charge in [0.05, 0.1) is 12.0 Å². The van der Waals surface area contributed by atoms with E-state index in [1.807, 2.05) is 49.9 Å². The van der Waals surface area contributed by atoms with Gasteiger partial charge in [0.1, 0.15) is 0 Å². The lowest BCUT2D eigenvalue weighted by atomic mass is 9.96. The van der Waals surface area contributed by atoms with Crippen molar-refractivity contribution < 1.29 is 14.4 Å². The number of likely N-dealkylation sites (tertiary alicyclic amines) is 1. The predicted molar refractivity (Wildman–Crippen MR) is 106 cm³/mol. The van der Waals surface area contributed by atoms with Crippen molar-refractivity contribution in [3.63, 3.8) is 0 Å². The fourth-order valence-electron chi connectivity index (χ4n) is 3.31. The average Bonchev–Trinajstić information content (AvgIpc) is 2.68. The molecular formula is C21H31N3O3. The Balaban J connectivity index is 1.90. The van der Waals surface area contributed by atoms with Crippen LogP contribution in [0.4, 0.5) is 5.69 Å². The van der Waals surface area contributed by atoms with Crippen LogP contribution in [0.5, 0.6) is 0 Å². The van der Waals surface area contributed by atoms with E-state index in [-0.39, 0.29) is 29.7 Å². The molecule has 1 aliphatic rings. The molecule has 0 aliphatic carbocycles. The number of anilines is 1. The Bertz CT molecular complexity index is 657. The highest BCUT2D eigenvalue weighted by atomic mass is 16.2. The van der Waals surface area contributed by atoms with Crippen LogP contribution in [0.2, 0.25) is 0 Å². The average molecular weight is 373 g/mol. The van der Waals surface area contributed by atoms with Gasteiger partial charge in [0.15, 0.2) is 0 Å². The summed E-state index contributed by atoms with van der Waals surface area (Å²) in [6, 6.07) is 7.38. The van der Waals surface area contributed by atoms with Crippen molar-refractivity contribution in [2.75, 3.05) is 18.4 Å². The van der Waals surface area contributed by atoms with Crippen molar-refractivity contribution in [3.8, 4) is 0 Å². The molecular weight excluding hydrogens is 342 g/mol. The number of carbonyl (C=O) groups is 3. The standard InChI is InChI=1S/C21H31N3O3/c1-4-7-20(26)24-13-6-8-17(14-24)21(27)22-15(3)16-9-11-18(12-10-16)23-19(25)5-2/h9-12,15,17H,4-8,13-14H2,1-3H3,(H,22,27)(H,23,25). The molecule has 1 saturated heterocycles. The molecule has 1 aromatic carbocycles. The topological polar surface area (TPSA) is 78.5 Å². The Kier molecular flexibility index (Phi) is 7.82. The number of rotatable bonds is 7. The number of amides is 3. The minimum Gasteiger partial charge on any atom is -0.349 e. The molecule has 148 valence electrons. The van der Waals surface area contributed by atoms with Crippen LogP contribution in [0.1, 0.15) is 64.5 Å². The summed E-state index contributed by atoms with van der Waals surface area (Å²) in [7, 11) is 0. The van der Waals surface area contributed by atoms with Gasteiger partial charge in [0, 0.05) is 31.6 Å². The van der Waals surface area contributed by atoms with E-state index in [1.165, 1.54) is 0 Å². The Morgan fingerprint density at radius 1 is 1.19 bits per heavy atom. The second-order valence-corrected chi connectivity index (χ2v) is 7.18. The van der Waals surface area contributed by atoms with Crippen LogP contribution < -0.4 is 10.6 Å². The van der Waals surface area contributed by atoms with Gasteiger partial charge in [-0.05, 0) is 43.9 Å².